The van der Waals surface area contributed by atoms with Crippen LogP contribution in [0.5, 0.6) is 0 Å². The minimum Gasteiger partial charge on any atom is -0.444 e. The monoisotopic (exact) mass is 515 g/mol. The van der Waals surface area contributed by atoms with E-state index in [1.54, 1.807) is 44.7 Å². The third-order valence-electron chi connectivity index (χ3n) is 5.78. The van der Waals surface area contributed by atoms with Crippen LogP contribution in [0, 0.1) is 0 Å². The number of rotatable bonds is 4. The Hall–Kier alpha value is -3.37. The van der Waals surface area contributed by atoms with Crippen molar-refractivity contribution in [2.75, 3.05) is 31.6 Å². The number of aromatic nitrogens is 2. The fourth-order valence-corrected chi connectivity index (χ4v) is 4.19. The molecule has 36 heavy (non-hydrogen) atoms. The number of morpholine rings is 1. The van der Waals surface area contributed by atoms with Crippen molar-refractivity contribution in [2.24, 2.45) is 0 Å². The second kappa shape index (κ2) is 10.7. The zero-order valence-electron chi connectivity index (χ0n) is 20.6. The molecule has 0 spiro atoms. The number of benzene rings is 1. The average Bonchev–Trinajstić information content (AvgIpc) is 3.26. The SMILES string of the molecule is CC(C)(C)OC(=O)N1CCOCC1/C=C/C(=O)N1CCn2c(C(=O)Nc3ccccc3Cl)cnc2C1. The van der Waals surface area contributed by atoms with Gasteiger partial charge in [0, 0.05) is 25.7 Å². The average molecular weight is 516 g/mol. The molecule has 0 aliphatic carbocycles. The Morgan fingerprint density at radius 3 is 2.72 bits per heavy atom. The molecule has 3 heterocycles. The second-order valence-corrected chi connectivity index (χ2v) is 9.99. The van der Waals surface area contributed by atoms with Gasteiger partial charge in [-0.25, -0.2) is 9.78 Å². The number of hydrogen-bond donors (Lipinski definition) is 1. The van der Waals surface area contributed by atoms with Gasteiger partial charge < -0.3 is 24.3 Å². The lowest BCUT2D eigenvalue weighted by Gasteiger charge is -2.35. The minimum atomic E-state index is -0.613. The van der Waals surface area contributed by atoms with Crippen LogP contribution in [-0.4, -0.2) is 75.2 Å². The van der Waals surface area contributed by atoms with E-state index in [0.29, 0.717) is 48.5 Å². The molecule has 192 valence electrons. The maximum absolute atomic E-state index is 12.9. The Bertz CT molecular complexity index is 1170. The lowest BCUT2D eigenvalue weighted by molar-refractivity contribution is -0.127. The standard InChI is InChI=1S/C25H30ClN5O5/c1-25(2,3)36-24(34)30-12-13-35-16-17(30)8-9-22(32)29-10-11-31-20(14-27-21(31)15-29)23(33)28-19-7-5-4-6-18(19)26/h4-9,14,17H,10-13,15-16H2,1-3H3,(H,28,33)/b9-8+. The molecule has 4 rings (SSSR count). The van der Waals surface area contributed by atoms with Crippen LogP contribution < -0.4 is 5.32 Å². The number of carbonyl (C=O) groups is 3. The number of imidazole rings is 1. The topological polar surface area (TPSA) is 106 Å². The molecule has 1 saturated heterocycles. The van der Waals surface area contributed by atoms with Crippen LogP contribution in [0.4, 0.5) is 10.5 Å². The fraction of sp³-hybridized carbons (Fsp3) is 0.440. The number of para-hydroxylation sites is 1. The summed E-state index contributed by atoms with van der Waals surface area (Å²) in [5.74, 6) is 0.0887. The number of anilines is 1. The minimum absolute atomic E-state index is 0.207. The van der Waals surface area contributed by atoms with Crippen LogP contribution in [0.1, 0.15) is 37.1 Å². The van der Waals surface area contributed by atoms with Gasteiger partial charge >= 0.3 is 6.09 Å². The zero-order chi connectivity index (χ0) is 25.9. The lowest BCUT2D eigenvalue weighted by Crippen LogP contribution is -2.49. The van der Waals surface area contributed by atoms with E-state index in [0.717, 1.165) is 0 Å². The van der Waals surface area contributed by atoms with Crippen LogP contribution in [0.25, 0.3) is 0 Å². The maximum Gasteiger partial charge on any atom is 0.410 e. The summed E-state index contributed by atoms with van der Waals surface area (Å²) in [6.07, 6.45) is 4.20. The smallest absolute Gasteiger partial charge is 0.410 e. The molecule has 2 aromatic rings. The molecule has 10 nitrogen and oxygen atoms in total. The summed E-state index contributed by atoms with van der Waals surface area (Å²) in [6.45, 7) is 7.63. The molecule has 1 aromatic carbocycles. The molecular weight excluding hydrogens is 486 g/mol. The van der Waals surface area contributed by atoms with Crippen molar-refractivity contribution in [3.63, 3.8) is 0 Å². The fourth-order valence-electron chi connectivity index (χ4n) is 4.01. The van der Waals surface area contributed by atoms with Gasteiger partial charge in [-0.1, -0.05) is 29.8 Å². The highest BCUT2D eigenvalue weighted by molar-refractivity contribution is 6.33. The summed E-state index contributed by atoms with van der Waals surface area (Å²) in [5.41, 5.74) is 0.308. The highest BCUT2D eigenvalue weighted by atomic mass is 35.5. The summed E-state index contributed by atoms with van der Waals surface area (Å²) >= 11 is 6.14. The number of nitrogens with one attached hydrogen (secondary N) is 1. The number of ether oxygens (including phenoxy) is 2. The second-order valence-electron chi connectivity index (χ2n) is 9.58. The van der Waals surface area contributed by atoms with Gasteiger partial charge in [-0.3, -0.25) is 14.5 Å². The Kier molecular flexibility index (Phi) is 7.65. The van der Waals surface area contributed by atoms with Gasteiger partial charge in [0.2, 0.25) is 5.91 Å². The molecule has 2 aliphatic heterocycles. The maximum atomic E-state index is 12.9. The highest BCUT2D eigenvalue weighted by Gasteiger charge is 2.30. The van der Waals surface area contributed by atoms with Crippen molar-refractivity contribution in [1.29, 1.82) is 0 Å². The van der Waals surface area contributed by atoms with Gasteiger partial charge in [-0.2, -0.15) is 0 Å². The van der Waals surface area contributed by atoms with E-state index >= 15 is 0 Å². The van der Waals surface area contributed by atoms with E-state index in [-0.39, 0.29) is 25.0 Å². The first kappa shape index (κ1) is 25.7. The van der Waals surface area contributed by atoms with Crippen LogP contribution >= 0.6 is 11.6 Å². The van der Waals surface area contributed by atoms with Crippen LogP contribution in [-0.2, 0) is 27.4 Å². The zero-order valence-corrected chi connectivity index (χ0v) is 21.3. The Labute approximate surface area is 214 Å². The van der Waals surface area contributed by atoms with Gasteiger partial charge in [-0.05, 0) is 32.9 Å². The van der Waals surface area contributed by atoms with E-state index in [2.05, 4.69) is 10.3 Å². The van der Waals surface area contributed by atoms with Gasteiger partial charge in [0.1, 0.15) is 17.1 Å². The van der Waals surface area contributed by atoms with Crippen molar-refractivity contribution >= 4 is 35.2 Å². The summed E-state index contributed by atoms with van der Waals surface area (Å²) < 4.78 is 12.8. The molecule has 11 heteroatoms. The molecule has 1 atom stereocenters. The van der Waals surface area contributed by atoms with Crippen molar-refractivity contribution in [2.45, 2.75) is 45.5 Å². The number of nitrogens with zero attached hydrogens (tertiary/aromatic N) is 4. The molecule has 1 aromatic heterocycles. The van der Waals surface area contributed by atoms with Crippen molar-refractivity contribution in [3.05, 3.63) is 59.2 Å². The van der Waals surface area contributed by atoms with E-state index in [1.807, 2.05) is 20.8 Å². The molecule has 1 unspecified atom stereocenters. The molecule has 0 radical (unpaired) electrons. The molecule has 1 N–H and O–H groups in total. The summed E-state index contributed by atoms with van der Waals surface area (Å²) in [4.78, 5) is 45.8. The first-order chi connectivity index (χ1) is 17.1. The molecule has 0 saturated carbocycles. The Morgan fingerprint density at radius 1 is 1.19 bits per heavy atom. The third kappa shape index (κ3) is 6.06. The summed E-state index contributed by atoms with van der Waals surface area (Å²) in [5, 5.41) is 3.25. The molecule has 3 amide bonds. The van der Waals surface area contributed by atoms with Crippen molar-refractivity contribution in [3.8, 4) is 0 Å². The van der Waals surface area contributed by atoms with Crippen LogP contribution in [0.2, 0.25) is 5.02 Å². The van der Waals surface area contributed by atoms with E-state index < -0.39 is 17.7 Å². The van der Waals surface area contributed by atoms with E-state index in [9.17, 15) is 14.4 Å². The normalized spacial score (nSPS) is 18.2. The number of amides is 3. The first-order valence-electron chi connectivity index (χ1n) is 11.8. The van der Waals surface area contributed by atoms with Gasteiger partial charge in [-0.15, -0.1) is 0 Å². The molecular formula is C25H30ClN5O5. The molecule has 2 aliphatic rings. The van der Waals surface area contributed by atoms with Crippen LogP contribution in [0.15, 0.2) is 42.6 Å². The van der Waals surface area contributed by atoms with Gasteiger partial charge in [0.05, 0.1) is 42.7 Å². The number of carbonyl (C=O) groups excluding carboxylic acids is 3. The van der Waals surface area contributed by atoms with Gasteiger partial charge in [0.25, 0.3) is 5.91 Å². The molecule has 1 fully saturated rings. The predicted octanol–water partition coefficient (Wildman–Crippen LogP) is 3.32. The van der Waals surface area contributed by atoms with E-state index in [4.69, 9.17) is 21.1 Å². The predicted molar refractivity (Wildman–Crippen MR) is 134 cm³/mol. The summed E-state index contributed by atoms with van der Waals surface area (Å²) in [6, 6.07) is 6.60. The number of fused-ring (bicyclic) bond motifs is 1. The Balaban J connectivity index is 1.39. The van der Waals surface area contributed by atoms with Crippen LogP contribution in [0.3, 0.4) is 0 Å². The first-order valence-corrected chi connectivity index (χ1v) is 12.1. The van der Waals surface area contributed by atoms with Crippen molar-refractivity contribution in [1.82, 2.24) is 19.4 Å². The quantitative estimate of drug-likeness (QED) is 0.626. The Morgan fingerprint density at radius 2 is 1.97 bits per heavy atom. The number of hydrogen-bond acceptors (Lipinski definition) is 6. The number of halogens is 1. The lowest BCUT2D eigenvalue weighted by atomic mass is 10.2. The highest BCUT2D eigenvalue weighted by Crippen LogP contribution is 2.22. The van der Waals surface area contributed by atoms with Crippen molar-refractivity contribution < 1.29 is 23.9 Å². The van der Waals surface area contributed by atoms with E-state index in [1.165, 1.54) is 12.3 Å². The van der Waals surface area contributed by atoms with Gasteiger partial charge in [0.15, 0.2) is 0 Å². The largest absolute Gasteiger partial charge is 0.444 e. The molecule has 0 bridgehead atoms. The third-order valence-corrected chi connectivity index (χ3v) is 6.11. The summed E-state index contributed by atoms with van der Waals surface area (Å²) in [7, 11) is 0.